The van der Waals surface area contributed by atoms with Gasteiger partial charge in [-0.15, -0.1) is 0 Å². The van der Waals surface area contributed by atoms with E-state index >= 15 is 0 Å². The molecular formula is C35H30N2O4S. The van der Waals surface area contributed by atoms with E-state index in [0.29, 0.717) is 27.2 Å². The van der Waals surface area contributed by atoms with Gasteiger partial charge in [-0.05, 0) is 66.4 Å². The summed E-state index contributed by atoms with van der Waals surface area (Å²) in [6.07, 6.45) is 1.86. The average Bonchev–Trinajstić information content (AvgIpc) is 3.30. The summed E-state index contributed by atoms with van der Waals surface area (Å²) in [6, 6.07) is 29.4. The van der Waals surface area contributed by atoms with Crippen molar-refractivity contribution in [3.05, 3.63) is 144 Å². The molecule has 6 rings (SSSR count). The van der Waals surface area contributed by atoms with Gasteiger partial charge in [0.15, 0.2) is 4.80 Å². The molecule has 0 unspecified atom stereocenters. The predicted octanol–water partition coefficient (Wildman–Crippen LogP) is 5.84. The molecule has 2 heterocycles. The highest BCUT2D eigenvalue weighted by Gasteiger charge is 2.33. The van der Waals surface area contributed by atoms with Crippen molar-refractivity contribution in [1.29, 1.82) is 0 Å². The first-order chi connectivity index (χ1) is 20.4. The van der Waals surface area contributed by atoms with E-state index in [-0.39, 0.29) is 12.2 Å². The number of hydrogen-bond acceptors (Lipinski definition) is 6. The molecule has 0 radical (unpaired) electrons. The molecule has 1 aromatic heterocycles. The van der Waals surface area contributed by atoms with Gasteiger partial charge in [-0.3, -0.25) is 9.36 Å². The number of ether oxygens (including phenoxy) is 2. The average molecular weight is 575 g/mol. The van der Waals surface area contributed by atoms with Gasteiger partial charge in [-0.2, -0.15) is 0 Å². The fourth-order valence-electron chi connectivity index (χ4n) is 5.25. The molecule has 0 N–H and O–H groups in total. The first-order valence-corrected chi connectivity index (χ1v) is 14.7. The lowest BCUT2D eigenvalue weighted by Gasteiger charge is -2.24. The molecule has 5 aromatic rings. The summed E-state index contributed by atoms with van der Waals surface area (Å²) in [7, 11) is 0. The van der Waals surface area contributed by atoms with Gasteiger partial charge in [-0.1, -0.05) is 95.8 Å². The van der Waals surface area contributed by atoms with Gasteiger partial charge in [0, 0.05) is 0 Å². The zero-order valence-corrected chi connectivity index (χ0v) is 24.5. The van der Waals surface area contributed by atoms with Gasteiger partial charge in [0.05, 0.1) is 28.5 Å². The number of benzene rings is 4. The molecule has 7 heteroatoms. The molecule has 0 aliphatic carbocycles. The Morgan fingerprint density at radius 1 is 0.952 bits per heavy atom. The number of thiazole rings is 1. The molecule has 4 aromatic carbocycles. The minimum atomic E-state index is -0.618. The van der Waals surface area contributed by atoms with E-state index in [1.54, 1.807) is 18.4 Å². The van der Waals surface area contributed by atoms with Crippen LogP contribution in [0.2, 0.25) is 0 Å². The van der Waals surface area contributed by atoms with Gasteiger partial charge < -0.3 is 9.47 Å². The Balaban J connectivity index is 1.31. The Hall–Kier alpha value is -4.75. The zero-order chi connectivity index (χ0) is 29.2. The quantitative estimate of drug-likeness (QED) is 0.229. The third-order valence-electron chi connectivity index (χ3n) is 7.36. The Labute approximate surface area is 247 Å². The summed E-state index contributed by atoms with van der Waals surface area (Å²) in [5.74, 6) is 0.285. The first kappa shape index (κ1) is 27.4. The van der Waals surface area contributed by atoms with Crippen molar-refractivity contribution >= 4 is 34.2 Å². The number of nitrogens with zero attached hydrogens (tertiary/aromatic N) is 2. The normalized spacial score (nSPS) is 14.9. The highest BCUT2D eigenvalue weighted by molar-refractivity contribution is 7.07. The van der Waals surface area contributed by atoms with E-state index in [9.17, 15) is 9.59 Å². The lowest BCUT2D eigenvalue weighted by molar-refractivity contribution is -0.139. The van der Waals surface area contributed by atoms with Crippen LogP contribution in [0, 0.1) is 6.92 Å². The van der Waals surface area contributed by atoms with Crippen LogP contribution in [0.1, 0.15) is 42.1 Å². The number of fused-ring (bicyclic) bond motifs is 2. The molecule has 1 aliphatic heterocycles. The molecular weight excluding hydrogens is 544 g/mol. The van der Waals surface area contributed by atoms with Crippen LogP contribution in [-0.4, -0.2) is 17.1 Å². The number of rotatable bonds is 7. The second-order valence-electron chi connectivity index (χ2n) is 10.2. The van der Waals surface area contributed by atoms with Crippen LogP contribution in [0.3, 0.4) is 0 Å². The van der Waals surface area contributed by atoms with Crippen LogP contribution in [0.15, 0.2) is 112 Å². The molecule has 0 saturated carbocycles. The van der Waals surface area contributed by atoms with E-state index in [1.165, 1.54) is 22.1 Å². The molecule has 0 bridgehead atoms. The van der Waals surface area contributed by atoms with Gasteiger partial charge in [-0.25, -0.2) is 9.79 Å². The minimum Gasteiger partial charge on any atom is -0.489 e. The lowest BCUT2D eigenvalue weighted by atomic mass is 9.95. The SMILES string of the molecule is CCOC(=O)C1=C(C)N=c2s/c(=C\c3ccc(OCc4cccc5ccccc45)cc3)c(=O)n2[C@@H]1c1ccc(C)cc1. The topological polar surface area (TPSA) is 69.9 Å². The number of esters is 1. The number of allylic oxidation sites excluding steroid dienone is 1. The van der Waals surface area contributed by atoms with Crippen molar-refractivity contribution in [1.82, 2.24) is 4.57 Å². The van der Waals surface area contributed by atoms with Crippen molar-refractivity contribution in [2.75, 3.05) is 6.61 Å². The monoisotopic (exact) mass is 574 g/mol. The Kier molecular flexibility index (Phi) is 7.59. The van der Waals surface area contributed by atoms with Crippen molar-refractivity contribution in [3.8, 4) is 5.75 Å². The largest absolute Gasteiger partial charge is 0.489 e. The number of aromatic nitrogens is 1. The van der Waals surface area contributed by atoms with Crippen molar-refractivity contribution in [2.24, 2.45) is 4.99 Å². The lowest BCUT2D eigenvalue weighted by Crippen LogP contribution is -2.39. The van der Waals surface area contributed by atoms with Crippen LogP contribution < -0.4 is 19.6 Å². The summed E-state index contributed by atoms with van der Waals surface area (Å²) >= 11 is 1.31. The maximum atomic E-state index is 13.8. The van der Waals surface area contributed by atoms with E-state index in [1.807, 2.05) is 79.7 Å². The summed E-state index contributed by atoms with van der Waals surface area (Å²) in [5.41, 5.74) is 4.65. The van der Waals surface area contributed by atoms with Gasteiger partial charge >= 0.3 is 5.97 Å². The molecule has 210 valence electrons. The van der Waals surface area contributed by atoms with Gasteiger partial charge in [0.25, 0.3) is 5.56 Å². The fraction of sp³-hybridized carbons (Fsp3) is 0.171. The van der Waals surface area contributed by atoms with E-state index in [4.69, 9.17) is 9.47 Å². The zero-order valence-electron chi connectivity index (χ0n) is 23.7. The summed E-state index contributed by atoms with van der Waals surface area (Å²) in [6.45, 7) is 6.26. The number of carbonyl (C=O) groups is 1. The van der Waals surface area contributed by atoms with E-state index in [2.05, 4.69) is 29.3 Å². The minimum absolute atomic E-state index is 0.199. The summed E-state index contributed by atoms with van der Waals surface area (Å²) in [5, 5.41) is 2.36. The number of hydrogen-bond donors (Lipinski definition) is 0. The molecule has 42 heavy (non-hydrogen) atoms. The van der Waals surface area contributed by atoms with E-state index in [0.717, 1.165) is 28.0 Å². The molecule has 0 saturated heterocycles. The summed E-state index contributed by atoms with van der Waals surface area (Å²) < 4.78 is 13.6. The van der Waals surface area contributed by atoms with Crippen molar-refractivity contribution in [3.63, 3.8) is 0 Å². The van der Waals surface area contributed by atoms with Gasteiger partial charge in [0.1, 0.15) is 12.4 Å². The Bertz CT molecular complexity index is 2000. The molecule has 1 aliphatic rings. The number of carbonyl (C=O) groups excluding carboxylic acids is 1. The van der Waals surface area contributed by atoms with Crippen molar-refractivity contribution < 1.29 is 14.3 Å². The highest BCUT2D eigenvalue weighted by Crippen LogP contribution is 2.31. The third-order valence-corrected chi connectivity index (χ3v) is 8.35. The smallest absolute Gasteiger partial charge is 0.338 e. The molecule has 0 fully saturated rings. The summed E-state index contributed by atoms with van der Waals surface area (Å²) in [4.78, 5) is 32.1. The predicted molar refractivity (Wildman–Crippen MR) is 166 cm³/mol. The van der Waals surface area contributed by atoms with E-state index < -0.39 is 12.0 Å². The maximum Gasteiger partial charge on any atom is 0.338 e. The van der Waals surface area contributed by atoms with Crippen molar-refractivity contribution in [2.45, 2.75) is 33.4 Å². The second kappa shape index (κ2) is 11.6. The number of aryl methyl sites for hydroxylation is 1. The Morgan fingerprint density at radius 3 is 2.45 bits per heavy atom. The standard InChI is InChI=1S/C35H30N2O4S/c1-4-40-34(39)31-23(3)36-35-37(32(31)26-16-12-22(2)13-17-26)33(38)30(42-35)20-24-14-18-28(19-15-24)41-21-27-10-7-9-25-8-5-6-11-29(25)27/h5-20,32H,4,21H2,1-3H3/b30-20-/t32-/m1/s1. The van der Waals surface area contributed by atoms with Crippen LogP contribution in [0.4, 0.5) is 0 Å². The second-order valence-corrected chi connectivity index (χ2v) is 11.2. The third kappa shape index (κ3) is 5.31. The van der Waals surface area contributed by atoms with Crippen LogP contribution in [-0.2, 0) is 16.1 Å². The molecule has 6 nitrogen and oxygen atoms in total. The van der Waals surface area contributed by atoms with Crippen LogP contribution >= 0.6 is 11.3 Å². The molecule has 0 spiro atoms. The van der Waals surface area contributed by atoms with Crippen LogP contribution in [0.5, 0.6) is 5.75 Å². The highest BCUT2D eigenvalue weighted by atomic mass is 32.1. The molecule has 0 amide bonds. The first-order valence-electron chi connectivity index (χ1n) is 13.9. The maximum absolute atomic E-state index is 13.8. The molecule has 1 atom stereocenters. The Morgan fingerprint density at radius 2 is 1.69 bits per heavy atom. The fourth-order valence-corrected chi connectivity index (χ4v) is 6.29. The van der Waals surface area contributed by atoms with Gasteiger partial charge in [0.2, 0.25) is 0 Å². The van der Waals surface area contributed by atoms with Crippen LogP contribution in [0.25, 0.3) is 16.8 Å².